The third-order valence-electron chi connectivity index (χ3n) is 5.24. The maximum absolute atomic E-state index is 5.93. The summed E-state index contributed by atoms with van der Waals surface area (Å²) in [5.41, 5.74) is 4.49. The molecular weight excluding hydrogens is 479 g/mol. The van der Waals surface area contributed by atoms with Crippen LogP contribution in [0.15, 0.2) is 23.3 Å². The van der Waals surface area contributed by atoms with E-state index < -0.39 is 0 Å². The van der Waals surface area contributed by atoms with E-state index in [0.29, 0.717) is 25.1 Å². The van der Waals surface area contributed by atoms with E-state index in [-0.39, 0.29) is 24.0 Å². The summed E-state index contributed by atoms with van der Waals surface area (Å²) in [5, 5.41) is 11.2. The highest BCUT2D eigenvalue weighted by atomic mass is 127. The first-order valence-electron chi connectivity index (χ1n) is 10.2. The minimum atomic E-state index is 0. The number of guanidine groups is 1. The second-order valence-corrected chi connectivity index (χ2v) is 7.35. The Morgan fingerprint density at radius 2 is 2.00 bits per heavy atom. The maximum Gasteiger partial charge on any atom is 0.213 e. The van der Waals surface area contributed by atoms with Crippen molar-refractivity contribution in [2.45, 2.75) is 65.6 Å². The molecule has 0 spiro atoms. The number of aromatic nitrogens is 3. The molecule has 0 aliphatic heterocycles. The first kappa shape index (κ1) is 23.4. The number of hydrogen-bond donors (Lipinski definition) is 2. The van der Waals surface area contributed by atoms with E-state index >= 15 is 0 Å². The molecule has 2 aromatic rings. The molecule has 2 aromatic heterocycles. The Kier molecular flexibility index (Phi) is 9.19. The van der Waals surface area contributed by atoms with Gasteiger partial charge in [-0.2, -0.15) is 5.10 Å². The molecule has 1 saturated carbocycles. The van der Waals surface area contributed by atoms with E-state index in [1.807, 2.05) is 37.0 Å². The number of halogens is 1. The van der Waals surface area contributed by atoms with Gasteiger partial charge in [0, 0.05) is 43.7 Å². The van der Waals surface area contributed by atoms with Gasteiger partial charge in [0.05, 0.1) is 12.2 Å². The molecule has 0 amide bonds. The van der Waals surface area contributed by atoms with E-state index in [1.165, 1.54) is 24.1 Å². The van der Waals surface area contributed by atoms with Gasteiger partial charge in [0.1, 0.15) is 6.10 Å². The van der Waals surface area contributed by atoms with Crippen molar-refractivity contribution in [3.05, 3.63) is 40.8 Å². The lowest BCUT2D eigenvalue weighted by Gasteiger charge is -2.13. The summed E-state index contributed by atoms with van der Waals surface area (Å²) >= 11 is 0. The largest absolute Gasteiger partial charge is 0.474 e. The normalized spacial score (nSPS) is 14.6. The molecule has 0 radical (unpaired) electrons. The Morgan fingerprint density at radius 1 is 1.24 bits per heavy atom. The zero-order chi connectivity index (χ0) is 19.9. The third kappa shape index (κ3) is 6.58. The first-order chi connectivity index (χ1) is 13.6. The molecule has 0 bridgehead atoms. The minimum absolute atomic E-state index is 0. The van der Waals surface area contributed by atoms with Crippen LogP contribution in [0.3, 0.4) is 0 Å². The lowest BCUT2D eigenvalue weighted by molar-refractivity contribution is 0.201. The molecule has 0 atom stereocenters. The Labute approximate surface area is 190 Å². The monoisotopic (exact) mass is 512 g/mol. The van der Waals surface area contributed by atoms with Crippen molar-refractivity contribution in [2.75, 3.05) is 6.54 Å². The zero-order valence-corrected chi connectivity index (χ0v) is 20.2. The van der Waals surface area contributed by atoms with Crippen LogP contribution in [-0.4, -0.2) is 33.4 Å². The van der Waals surface area contributed by atoms with E-state index in [0.717, 1.165) is 36.6 Å². The summed E-state index contributed by atoms with van der Waals surface area (Å²) in [6, 6.07) is 3.99. The average molecular weight is 512 g/mol. The van der Waals surface area contributed by atoms with Crippen LogP contribution >= 0.6 is 24.0 Å². The van der Waals surface area contributed by atoms with Gasteiger partial charge < -0.3 is 15.4 Å². The molecule has 160 valence electrons. The summed E-state index contributed by atoms with van der Waals surface area (Å²) in [7, 11) is 1.97. The Morgan fingerprint density at radius 3 is 2.59 bits per heavy atom. The van der Waals surface area contributed by atoms with Crippen LogP contribution in [-0.2, 0) is 20.1 Å². The smallest absolute Gasteiger partial charge is 0.213 e. The van der Waals surface area contributed by atoms with Crippen LogP contribution in [0.1, 0.15) is 55.1 Å². The molecule has 29 heavy (non-hydrogen) atoms. The van der Waals surface area contributed by atoms with Gasteiger partial charge in [-0.05, 0) is 52.0 Å². The van der Waals surface area contributed by atoms with E-state index in [2.05, 4.69) is 39.6 Å². The number of aryl methyl sites for hydroxylation is 2. The summed E-state index contributed by atoms with van der Waals surface area (Å²) in [4.78, 5) is 9.13. The molecule has 0 saturated heterocycles. The molecule has 2 heterocycles. The molecule has 3 rings (SSSR count). The maximum atomic E-state index is 5.93. The molecule has 7 nitrogen and oxygen atoms in total. The Hall–Kier alpha value is -1.84. The van der Waals surface area contributed by atoms with Gasteiger partial charge in [-0.25, -0.2) is 9.98 Å². The van der Waals surface area contributed by atoms with E-state index in [4.69, 9.17) is 4.74 Å². The highest BCUT2D eigenvalue weighted by molar-refractivity contribution is 14.0. The predicted molar refractivity (Wildman–Crippen MR) is 127 cm³/mol. The molecular formula is C21H33IN6O. The quantitative estimate of drug-likeness (QED) is 0.337. The molecule has 8 heteroatoms. The standard InChI is InChI=1S/C21H32N6O.HI/c1-5-22-21(25-14-19-15(2)26-27(4)16(19)3)24-13-17-10-11-20(23-12-17)28-18-8-6-7-9-18;/h10-12,18H,5-9,13-14H2,1-4H3,(H2,22,24,25);1H. The van der Waals surface area contributed by atoms with Gasteiger partial charge in [-0.15, -0.1) is 24.0 Å². The Balaban J connectivity index is 0.00000300. The summed E-state index contributed by atoms with van der Waals surface area (Å²) in [6.45, 7) is 8.26. The van der Waals surface area contributed by atoms with Gasteiger partial charge in [-0.3, -0.25) is 4.68 Å². The number of aliphatic imine (C=N–C) groups is 1. The van der Waals surface area contributed by atoms with Crippen LogP contribution in [0.25, 0.3) is 0 Å². The number of rotatable bonds is 7. The number of hydrogen-bond acceptors (Lipinski definition) is 4. The average Bonchev–Trinajstić information content (AvgIpc) is 3.27. The van der Waals surface area contributed by atoms with Crippen LogP contribution in [0.2, 0.25) is 0 Å². The molecule has 0 unspecified atom stereocenters. The number of nitrogens with one attached hydrogen (secondary N) is 2. The molecule has 0 aromatic carbocycles. The van der Waals surface area contributed by atoms with Crippen LogP contribution in [0.4, 0.5) is 0 Å². The number of pyridine rings is 1. The van der Waals surface area contributed by atoms with Gasteiger partial charge in [0.2, 0.25) is 5.88 Å². The molecule has 1 fully saturated rings. The van der Waals surface area contributed by atoms with E-state index in [9.17, 15) is 0 Å². The zero-order valence-electron chi connectivity index (χ0n) is 17.9. The van der Waals surface area contributed by atoms with Gasteiger partial charge >= 0.3 is 0 Å². The highest BCUT2D eigenvalue weighted by Crippen LogP contribution is 2.22. The number of nitrogens with zero attached hydrogens (tertiary/aromatic N) is 4. The summed E-state index contributed by atoms with van der Waals surface area (Å²) < 4.78 is 7.84. The minimum Gasteiger partial charge on any atom is -0.474 e. The van der Waals surface area contributed by atoms with Crippen molar-refractivity contribution < 1.29 is 4.74 Å². The van der Waals surface area contributed by atoms with Crippen LogP contribution in [0.5, 0.6) is 5.88 Å². The van der Waals surface area contributed by atoms with Gasteiger partial charge in [0.25, 0.3) is 0 Å². The van der Waals surface area contributed by atoms with Crippen LogP contribution < -0.4 is 15.4 Å². The molecule has 1 aliphatic carbocycles. The van der Waals surface area contributed by atoms with Crippen molar-refractivity contribution in [1.82, 2.24) is 25.4 Å². The Bertz CT molecular complexity index is 796. The van der Waals surface area contributed by atoms with Crippen molar-refractivity contribution in [2.24, 2.45) is 12.0 Å². The van der Waals surface area contributed by atoms with E-state index in [1.54, 1.807) is 0 Å². The fourth-order valence-corrected chi connectivity index (χ4v) is 3.51. The van der Waals surface area contributed by atoms with Crippen molar-refractivity contribution in [3.63, 3.8) is 0 Å². The lowest BCUT2D eigenvalue weighted by atomic mass is 10.2. The SMILES string of the molecule is CCNC(=NCc1ccc(OC2CCCC2)nc1)NCc1c(C)nn(C)c1C.I. The fraction of sp³-hybridized carbons (Fsp3) is 0.571. The number of ether oxygens (including phenoxy) is 1. The van der Waals surface area contributed by atoms with Crippen molar-refractivity contribution >= 4 is 29.9 Å². The van der Waals surface area contributed by atoms with Crippen molar-refractivity contribution in [3.8, 4) is 5.88 Å². The van der Waals surface area contributed by atoms with Gasteiger partial charge in [0.15, 0.2) is 5.96 Å². The second-order valence-electron chi connectivity index (χ2n) is 7.35. The second kappa shape index (κ2) is 11.4. The lowest BCUT2D eigenvalue weighted by Crippen LogP contribution is -2.37. The fourth-order valence-electron chi connectivity index (χ4n) is 3.51. The summed E-state index contributed by atoms with van der Waals surface area (Å²) in [6.07, 6.45) is 6.99. The molecule has 1 aliphatic rings. The van der Waals surface area contributed by atoms with Gasteiger partial charge in [-0.1, -0.05) is 6.07 Å². The van der Waals surface area contributed by atoms with Crippen LogP contribution in [0, 0.1) is 13.8 Å². The highest BCUT2D eigenvalue weighted by Gasteiger charge is 2.16. The summed E-state index contributed by atoms with van der Waals surface area (Å²) in [5.74, 6) is 1.50. The molecule has 2 N–H and O–H groups in total. The topological polar surface area (TPSA) is 76.4 Å². The first-order valence-corrected chi connectivity index (χ1v) is 10.2. The third-order valence-corrected chi connectivity index (χ3v) is 5.24. The predicted octanol–water partition coefficient (Wildman–Crippen LogP) is 3.63. The van der Waals surface area contributed by atoms with Crippen molar-refractivity contribution in [1.29, 1.82) is 0 Å².